The number of fused-ring (bicyclic) bond motifs is 1. The van der Waals surface area contributed by atoms with Crippen LogP contribution < -0.4 is 10.6 Å². The van der Waals surface area contributed by atoms with E-state index in [0.29, 0.717) is 17.9 Å². The topological polar surface area (TPSA) is 54.3 Å². The highest BCUT2D eigenvalue weighted by atomic mass is 79.9. The van der Waals surface area contributed by atoms with Gasteiger partial charge in [0.15, 0.2) is 5.76 Å². The third-order valence-corrected chi connectivity index (χ3v) is 3.26. The van der Waals surface area contributed by atoms with Crippen LogP contribution in [0.2, 0.25) is 0 Å². The van der Waals surface area contributed by atoms with E-state index in [1.165, 1.54) is 0 Å². The fourth-order valence-electron chi connectivity index (χ4n) is 1.56. The third kappa shape index (κ3) is 2.91. The van der Waals surface area contributed by atoms with Crippen LogP contribution in [0.4, 0.5) is 0 Å². The van der Waals surface area contributed by atoms with Crippen molar-refractivity contribution >= 4 is 32.8 Å². The standard InChI is InChI=1S/C13H15BrN2O2/c1-8(15-2)7-16-13(17)12-6-9-5-10(14)3-4-11(9)18-12/h3-6,8,15H,7H2,1-2H3,(H,16,17). The summed E-state index contributed by atoms with van der Waals surface area (Å²) >= 11 is 3.39. The molecule has 0 aliphatic carbocycles. The van der Waals surface area contributed by atoms with Crippen molar-refractivity contribution < 1.29 is 9.21 Å². The molecule has 5 heteroatoms. The van der Waals surface area contributed by atoms with Crippen LogP contribution >= 0.6 is 15.9 Å². The highest BCUT2D eigenvalue weighted by Gasteiger charge is 2.12. The Labute approximate surface area is 114 Å². The van der Waals surface area contributed by atoms with E-state index in [2.05, 4.69) is 26.6 Å². The second-order valence-corrected chi connectivity index (χ2v) is 5.11. The molecule has 1 unspecified atom stereocenters. The van der Waals surface area contributed by atoms with Crippen molar-refractivity contribution in [3.8, 4) is 0 Å². The zero-order valence-electron chi connectivity index (χ0n) is 10.3. The van der Waals surface area contributed by atoms with Crippen molar-refractivity contribution in [2.75, 3.05) is 13.6 Å². The molecule has 2 N–H and O–H groups in total. The summed E-state index contributed by atoms with van der Waals surface area (Å²) in [6.07, 6.45) is 0. The van der Waals surface area contributed by atoms with E-state index in [4.69, 9.17) is 4.42 Å². The Hall–Kier alpha value is -1.33. The molecule has 1 amide bonds. The quantitative estimate of drug-likeness (QED) is 0.912. The maximum atomic E-state index is 11.9. The minimum absolute atomic E-state index is 0.190. The van der Waals surface area contributed by atoms with Crippen LogP contribution in [0.3, 0.4) is 0 Å². The van der Waals surface area contributed by atoms with Crippen molar-refractivity contribution in [2.24, 2.45) is 0 Å². The fraction of sp³-hybridized carbons (Fsp3) is 0.308. The Morgan fingerprint density at radius 1 is 1.44 bits per heavy atom. The van der Waals surface area contributed by atoms with Crippen LogP contribution in [0.15, 0.2) is 33.2 Å². The van der Waals surface area contributed by atoms with Gasteiger partial charge in [0.05, 0.1) is 0 Å². The number of carbonyl (C=O) groups excluding carboxylic acids is 1. The molecule has 0 aliphatic heterocycles. The Morgan fingerprint density at radius 2 is 2.22 bits per heavy atom. The summed E-state index contributed by atoms with van der Waals surface area (Å²) in [7, 11) is 1.86. The largest absolute Gasteiger partial charge is 0.451 e. The summed E-state index contributed by atoms with van der Waals surface area (Å²) in [4.78, 5) is 11.9. The summed E-state index contributed by atoms with van der Waals surface area (Å²) in [5, 5.41) is 6.79. The van der Waals surface area contributed by atoms with Crippen molar-refractivity contribution in [1.82, 2.24) is 10.6 Å². The number of halogens is 1. The lowest BCUT2D eigenvalue weighted by Crippen LogP contribution is -2.36. The van der Waals surface area contributed by atoms with Gasteiger partial charge in [-0.2, -0.15) is 0 Å². The van der Waals surface area contributed by atoms with Crippen LogP contribution in [0.25, 0.3) is 11.0 Å². The minimum Gasteiger partial charge on any atom is -0.451 e. The van der Waals surface area contributed by atoms with Gasteiger partial charge in [-0.1, -0.05) is 15.9 Å². The van der Waals surface area contributed by atoms with Crippen LogP contribution in [0.5, 0.6) is 0 Å². The molecule has 1 aromatic carbocycles. The average molecular weight is 311 g/mol. The maximum Gasteiger partial charge on any atom is 0.287 e. The summed E-state index contributed by atoms with van der Waals surface area (Å²) in [6, 6.07) is 7.63. The number of benzene rings is 1. The third-order valence-electron chi connectivity index (χ3n) is 2.76. The smallest absolute Gasteiger partial charge is 0.287 e. The molecule has 0 bridgehead atoms. The summed E-state index contributed by atoms with van der Waals surface area (Å²) < 4.78 is 6.46. The van der Waals surface area contributed by atoms with Crippen LogP contribution in [0.1, 0.15) is 17.5 Å². The van der Waals surface area contributed by atoms with Gasteiger partial charge in [0.25, 0.3) is 5.91 Å². The molecule has 4 nitrogen and oxygen atoms in total. The van der Waals surface area contributed by atoms with Crippen LogP contribution in [-0.2, 0) is 0 Å². The number of likely N-dealkylation sites (N-methyl/N-ethyl adjacent to an activating group) is 1. The second kappa shape index (κ2) is 5.54. The number of nitrogens with one attached hydrogen (secondary N) is 2. The van der Waals surface area contributed by atoms with E-state index in [0.717, 1.165) is 9.86 Å². The molecule has 1 atom stereocenters. The Kier molecular flexibility index (Phi) is 4.04. The van der Waals surface area contributed by atoms with Crippen molar-refractivity contribution in [3.63, 3.8) is 0 Å². The Balaban J connectivity index is 2.13. The SMILES string of the molecule is CNC(C)CNC(=O)c1cc2cc(Br)ccc2o1. The van der Waals surface area contributed by atoms with Gasteiger partial charge in [-0.15, -0.1) is 0 Å². The number of furan rings is 1. The molecule has 2 rings (SSSR count). The number of hydrogen-bond donors (Lipinski definition) is 2. The lowest BCUT2D eigenvalue weighted by molar-refractivity contribution is 0.0925. The first-order valence-corrected chi connectivity index (χ1v) is 6.54. The zero-order chi connectivity index (χ0) is 13.1. The molecule has 2 aromatic rings. The molecular formula is C13H15BrN2O2. The van der Waals surface area contributed by atoms with Gasteiger partial charge in [0.1, 0.15) is 5.58 Å². The first-order chi connectivity index (χ1) is 8.60. The van der Waals surface area contributed by atoms with Crippen LogP contribution in [-0.4, -0.2) is 25.5 Å². The van der Waals surface area contributed by atoms with E-state index in [9.17, 15) is 4.79 Å². The molecule has 1 aromatic heterocycles. The van der Waals surface area contributed by atoms with Crippen LogP contribution in [0, 0.1) is 0 Å². The van der Waals surface area contributed by atoms with Gasteiger partial charge in [0, 0.05) is 22.4 Å². The van der Waals surface area contributed by atoms with E-state index in [1.807, 2.05) is 32.2 Å². The minimum atomic E-state index is -0.190. The molecule has 1 heterocycles. The molecule has 96 valence electrons. The molecule has 18 heavy (non-hydrogen) atoms. The Morgan fingerprint density at radius 3 is 2.94 bits per heavy atom. The highest BCUT2D eigenvalue weighted by molar-refractivity contribution is 9.10. The molecule has 0 radical (unpaired) electrons. The van der Waals surface area contributed by atoms with Crippen molar-refractivity contribution in [2.45, 2.75) is 13.0 Å². The van der Waals surface area contributed by atoms with Crippen molar-refractivity contribution in [3.05, 3.63) is 34.5 Å². The number of carbonyl (C=O) groups is 1. The molecular weight excluding hydrogens is 296 g/mol. The predicted octanol–water partition coefficient (Wildman–Crippen LogP) is 2.53. The molecule has 0 spiro atoms. The average Bonchev–Trinajstić information content (AvgIpc) is 2.78. The number of rotatable bonds is 4. The zero-order valence-corrected chi connectivity index (χ0v) is 11.9. The predicted molar refractivity (Wildman–Crippen MR) is 74.8 cm³/mol. The second-order valence-electron chi connectivity index (χ2n) is 4.19. The number of hydrogen-bond acceptors (Lipinski definition) is 3. The van der Waals surface area contributed by atoms with Gasteiger partial charge in [-0.05, 0) is 38.2 Å². The van der Waals surface area contributed by atoms with Gasteiger partial charge >= 0.3 is 0 Å². The molecule has 0 fully saturated rings. The normalized spacial score (nSPS) is 12.6. The fourth-order valence-corrected chi connectivity index (χ4v) is 1.94. The van der Waals surface area contributed by atoms with Gasteiger partial charge in [-0.25, -0.2) is 0 Å². The Bertz CT molecular complexity index is 565. The van der Waals surface area contributed by atoms with Gasteiger partial charge in [-0.3, -0.25) is 4.79 Å². The van der Waals surface area contributed by atoms with Gasteiger partial charge < -0.3 is 15.1 Å². The van der Waals surface area contributed by atoms with E-state index >= 15 is 0 Å². The monoisotopic (exact) mass is 310 g/mol. The molecule has 0 saturated carbocycles. The summed E-state index contributed by atoms with van der Waals surface area (Å²) in [5.74, 6) is 0.149. The number of amides is 1. The lowest BCUT2D eigenvalue weighted by Gasteiger charge is -2.09. The maximum absolute atomic E-state index is 11.9. The van der Waals surface area contributed by atoms with Crippen molar-refractivity contribution in [1.29, 1.82) is 0 Å². The lowest BCUT2D eigenvalue weighted by atomic mass is 10.2. The molecule has 0 saturated heterocycles. The highest BCUT2D eigenvalue weighted by Crippen LogP contribution is 2.23. The summed E-state index contributed by atoms with van der Waals surface area (Å²) in [6.45, 7) is 2.56. The van der Waals surface area contributed by atoms with Gasteiger partial charge in [0.2, 0.25) is 0 Å². The first kappa shape index (κ1) is 13.1. The van der Waals surface area contributed by atoms with E-state index in [1.54, 1.807) is 6.07 Å². The molecule has 0 aliphatic rings. The van der Waals surface area contributed by atoms with E-state index < -0.39 is 0 Å². The van der Waals surface area contributed by atoms with E-state index in [-0.39, 0.29) is 11.9 Å². The summed E-state index contributed by atoms with van der Waals surface area (Å²) in [5.41, 5.74) is 0.713. The first-order valence-electron chi connectivity index (χ1n) is 5.74.